The van der Waals surface area contributed by atoms with Crippen molar-refractivity contribution in [3.05, 3.63) is 33.4 Å². The molecule has 0 spiro atoms. The molecule has 0 aliphatic heterocycles. The van der Waals surface area contributed by atoms with E-state index in [1.54, 1.807) is 0 Å². The Hall–Kier alpha value is -0.780. The van der Waals surface area contributed by atoms with Gasteiger partial charge in [-0.15, -0.1) is 0 Å². The van der Waals surface area contributed by atoms with Gasteiger partial charge in [0.15, 0.2) is 0 Å². The summed E-state index contributed by atoms with van der Waals surface area (Å²) in [7, 11) is 0. The van der Waals surface area contributed by atoms with Gasteiger partial charge < -0.3 is 0 Å². The van der Waals surface area contributed by atoms with Crippen LogP contribution in [0.2, 0.25) is 0 Å². The first-order valence-electron chi connectivity index (χ1n) is 8.29. The summed E-state index contributed by atoms with van der Waals surface area (Å²) in [5, 5.41) is 0. The Bertz CT molecular complexity index is 331. The molecule has 0 atom stereocenters. The van der Waals surface area contributed by atoms with Gasteiger partial charge in [0.2, 0.25) is 0 Å². The molecule has 0 saturated heterocycles. The highest BCUT2D eigenvalue weighted by atomic mass is 14.2. The molecule has 2 rings (SSSR count). The van der Waals surface area contributed by atoms with E-state index in [0.717, 1.165) is 11.8 Å². The summed E-state index contributed by atoms with van der Waals surface area (Å²) in [4.78, 5) is 0. The van der Waals surface area contributed by atoms with Crippen LogP contribution < -0.4 is 0 Å². The fraction of sp³-hybridized carbons (Fsp3) is 0.739. The molecule has 1 aliphatic rings. The Morgan fingerprint density at radius 2 is 0.565 bits per heavy atom. The minimum atomic E-state index is 0. The zero-order chi connectivity index (χ0) is 15.4. The Morgan fingerprint density at radius 1 is 0.435 bits per heavy atom. The van der Waals surface area contributed by atoms with E-state index in [1.165, 1.54) is 59.1 Å². The van der Waals surface area contributed by atoms with Crippen molar-refractivity contribution >= 4 is 0 Å². The van der Waals surface area contributed by atoms with E-state index in [4.69, 9.17) is 0 Å². The highest BCUT2D eigenvalue weighted by molar-refractivity contribution is 5.48. The van der Waals surface area contributed by atoms with Gasteiger partial charge in [-0.25, -0.2) is 0 Å². The smallest absolute Gasteiger partial charge is 0.0392 e. The van der Waals surface area contributed by atoms with Crippen molar-refractivity contribution in [3.8, 4) is 0 Å². The first-order valence-corrected chi connectivity index (χ1v) is 8.29. The van der Waals surface area contributed by atoms with Crippen LogP contribution in [0.3, 0.4) is 0 Å². The van der Waals surface area contributed by atoms with Crippen LogP contribution >= 0.6 is 0 Å². The molecule has 1 aliphatic carbocycles. The second kappa shape index (κ2) is 11.7. The zero-order valence-electron chi connectivity index (χ0n) is 15.0. The molecule has 1 saturated carbocycles. The highest BCUT2D eigenvalue weighted by Gasteiger charge is 2.13. The van der Waals surface area contributed by atoms with Crippen LogP contribution in [0.1, 0.15) is 95.2 Å². The summed E-state index contributed by atoms with van der Waals surface area (Å²) in [6.45, 7) is 18.0. The van der Waals surface area contributed by atoms with E-state index in [2.05, 4.69) is 55.4 Å². The summed E-state index contributed by atoms with van der Waals surface area (Å²) >= 11 is 0. The van der Waals surface area contributed by atoms with E-state index in [9.17, 15) is 0 Å². The molecule has 0 aromatic heterocycles. The fourth-order valence-electron chi connectivity index (χ4n) is 3.11. The molecule has 0 heterocycles. The van der Waals surface area contributed by atoms with Crippen molar-refractivity contribution in [1.29, 1.82) is 0 Å². The minimum Gasteiger partial charge on any atom is -0.0776 e. The maximum absolute atomic E-state index is 2.37. The maximum Gasteiger partial charge on any atom is -0.0392 e. The van der Waals surface area contributed by atoms with Crippen molar-refractivity contribution in [2.24, 2.45) is 11.8 Å². The van der Waals surface area contributed by atoms with E-state index in [0.29, 0.717) is 0 Å². The van der Waals surface area contributed by atoms with E-state index in [-0.39, 0.29) is 22.3 Å². The molecular formula is C23H46. The Balaban J connectivity index is -0.000000325. The molecule has 1 fully saturated rings. The van der Waals surface area contributed by atoms with Gasteiger partial charge in [0, 0.05) is 0 Å². The second-order valence-electron chi connectivity index (χ2n) is 7.12. The van der Waals surface area contributed by atoms with E-state index < -0.39 is 0 Å². The van der Waals surface area contributed by atoms with Crippen LogP contribution in [-0.2, 0) is 0 Å². The third-order valence-corrected chi connectivity index (χ3v) is 5.68. The molecule has 0 nitrogen and oxygen atoms in total. The topological polar surface area (TPSA) is 0 Å². The first kappa shape index (κ1) is 27.1. The maximum atomic E-state index is 2.37. The van der Waals surface area contributed by atoms with Gasteiger partial charge in [-0.1, -0.05) is 61.8 Å². The minimum absolute atomic E-state index is 0. The van der Waals surface area contributed by atoms with E-state index in [1.807, 2.05) is 0 Å². The molecule has 0 heteroatoms. The summed E-state index contributed by atoms with van der Waals surface area (Å²) < 4.78 is 0. The first-order chi connectivity index (χ1) is 9.25. The monoisotopic (exact) mass is 322 g/mol. The van der Waals surface area contributed by atoms with Crippen molar-refractivity contribution in [2.75, 3.05) is 0 Å². The normalized spacial score (nSPS) is 19.3. The van der Waals surface area contributed by atoms with Crippen molar-refractivity contribution in [3.63, 3.8) is 0 Å². The lowest BCUT2D eigenvalue weighted by atomic mass is 9.84. The number of rotatable bonds is 0. The number of benzene rings is 1. The predicted octanol–water partition coefficient (Wildman–Crippen LogP) is 8.28. The molecule has 138 valence electrons. The predicted molar refractivity (Wildman–Crippen MR) is 112 cm³/mol. The zero-order valence-corrected chi connectivity index (χ0v) is 15.0. The largest absolute Gasteiger partial charge is 0.0776 e. The fourth-order valence-corrected chi connectivity index (χ4v) is 3.11. The van der Waals surface area contributed by atoms with Gasteiger partial charge in [-0.3, -0.25) is 0 Å². The van der Waals surface area contributed by atoms with Crippen LogP contribution in [0.15, 0.2) is 0 Å². The third kappa shape index (κ3) is 7.10. The van der Waals surface area contributed by atoms with Gasteiger partial charge in [0.1, 0.15) is 0 Å². The highest BCUT2D eigenvalue weighted by Crippen LogP contribution is 2.27. The average Bonchev–Trinajstić information content (AvgIpc) is 2.45. The van der Waals surface area contributed by atoms with Crippen LogP contribution in [0.5, 0.6) is 0 Å². The SMILES string of the molecule is C.C.C.CC1CCC(C)CC1.Cc1c(C)c(C)c(C)c(C)c1C. The molecule has 1 aromatic carbocycles. The molecule has 23 heavy (non-hydrogen) atoms. The van der Waals surface area contributed by atoms with Crippen molar-refractivity contribution in [1.82, 2.24) is 0 Å². The van der Waals surface area contributed by atoms with Gasteiger partial charge >= 0.3 is 0 Å². The molecule has 0 radical (unpaired) electrons. The van der Waals surface area contributed by atoms with Gasteiger partial charge in [-0.05, 0) is 86.8 Å². The standard InChI is InChI=1S/C12H18.C8H16.3CH4/c1-7-8(2)10(4)12(6)11(5)9(7)3;1-7-3-5-8(2)6-4-7;;;/h1-6H3;7-8H,3-6H2,1-2H3;3*1H4. The molecule has 0 unspecified atom stereocenters. The Morgan fingerprint density at radius 3 is 0.696 bits per heavy atom. The van der Waals surface area contributed by atoms with Gasteiger partial charge in [0.25, 0.3) is 0 Å². The van der Waals surface area contributed by atoms with E-state index >= 15 is 0 Å². The van der Waals surface area contributed by atoms with Crippen LogP contribution in [0.25, 0.3) is 0 Å². The molecule has 1 aromatic rings. The van der Waals surface area contributed by atoms with Crippen molar-refractivity contribution < 1.29 is 0 Å². The summed E-state index contributed by atoms with van der Waals surface area (Å²) in [6.07, 6.45) is 5.89. The van der Waals surface area contributed by atoms with Gasteiger partial charge in [-0.2, -0.15) is 0 Å². The summed E-state index contributed by atoms with van der Waals surface area (Å²) in [5.74, 6) is 2.04. The van der Waals surface area contributed by atoms with Crippen LogP contribution in [0, 0.1) is 53.4 Å². The molecule has 0 N–H and O–H groups in total. The average molecular weight is 323 g/mol. The summed E-state index contributed by atoms with van der Waals surface area (Å²) in [6, 6.07) is 0. The van der Waals surface area contributed by atoms with Crippen molar-refractivity contribution in [2.45, 2.75) is 103 Å². The quantitative estimate of drug-likeness (QED) is 0.450. The summed E-state index contributed by atoms with van der Waals surface area (Å²) in [5.41, 5.74) is 8.73. The Labute approximate surface area is 149 Å². The Kier molecular flexibility index (Phi) is 13.8. The number of hydrogen-bond donors (Lipinski definition) is 0. The molecule has 0 bridgehead atoms. The second-order valence-corrected chi connectivity index (χ2v) is 7.12. The molecular weight excluding hydrogens is 276 g/mol. The molecule has 0 amide bonds. The lowest BCUT2D eigenvalue weighted by Gasteiger charge is -2.22. The van der Waals surface area contributed by atoms with Crippen LogP contribution in [0.4, 0.5) is 0 Å². The number of hydrogen-bond acceptors (Lipinski definition) is 0. The lowest BCUT2D eigenvalue weighted by molar-refractivity contribution is 0.308. The van der Waals surface area contributed by atoms with Gasteiger partial charge in [0.05, 0.1) is 0 Å². The lowest BCUT2D eigenvalue weighted by Crippen LogP contribution is -2.08. The van der Waals surface area contributed by atoms with Crippen LogP contribution in [-0.4, -0.2) is 0 Å². The third-order valence-electron chi connectivity index (χ3n) is 5.68.